The Labute approximate surface area is 133 Å². The maximum atomic E-state index is 14.1. The zero-order valence-electron chi connectivity index (χ0n) is 10.9. The first-order valence-electron chi connectivity index (χ1n) is 6.60. The molecule has 3 nitrogen and oxygen atoms in total. The van der Waals surface area contributed by atoms with Crippen LogP contribution in [0.1, 0.15) is 5.56 Å². The van der Waals surface area contributed by atoms with Crippen molar-refractivity contribution < 1.29 is 4.39 Å². The van der Waals surface area contributed by atoms with Crippen molar-refractivity contribution in [1.29, 1.82) is 0 Å². The van der Waals surface area contributed by atoms with Gasteiger partial charge in [-0.25, -0.2) is 9.07 Å². The average Bonchev–Trinajstić information content (AvgIpc) is 3.15. The van der Waals surface area contributed by atoms with Crippen LogP contribution >= 0.6 is 27.3 Å². The largest absolute Gasteiger partial charge is 0.369 e. The summed E-state index contributed by atoms with van der Waals surface area (Å²) in [6.07, 6.45) is 0.911. The fraction of sp³-hybridized carbons (Fsp3) is 0.133. The fourth-order valence-corrected chi connectivity index (χ4v) is 4.01. The van der Waals surface area contributed by atoms with Crippen molar-refractivity contribution in [3.63, 3.8) is 0 Å². The van der Waals surface area contributed by atoms with Crippen molar-refractivity contribution in [3.8, 4) is 16.3 Å². The molecular weight excluding hydrogens is 353 g/mol. The summed E-state index contributed by atoms with van der Waals surface area (Å²) in [5, 5.41) is 7.97. The molecule has 0 aliphatic carbocycles. The molecule has 0 radical (unpaired) electrons. The van der Waals surface area contributed by atoms with Gasteiger partial charge in [-0.2, -0.15) is 5.10 Å². The first-order valence-corrected chi connectivity index (χ1v) is 8.21. The van der Waals surface area contributed by atoms with Gasteiger partial charge in [-0.15, -0.1) is 11.3 Å². The van der Waals surface area contributed by atoms with Gasteiger partial charge in [0, 0.05) is 12.1 Å². The van der Waals surface area contributed by atoms with Crippen LogP contribution in [0.15, 0.2) is 40.2 Å². The van der Waals surface area contributed by atoms with Gasteiger partial charge in [0.25, 0.3) is 0 Å². The summed E-state index contributed by atoms with van der Waals surface area (Å²) >= 11 is 5.12. The van der Waals surface area contributed by atoms with Crippen LogP contribution in [-0.4, -0.2) is 16.3 Å². The Morgan fingerprint density at radius 3 is 2.86 bits per heavy atom. The monoisotopic (exact) mass is 363 g/mol. The van der Waals surface area contributed by atoms with Gasteiger partial charge in [0.2, 0.25) is 0 Å². The second kappa shape index (κ2) is 4.96. The normalized spacial score (nSPS) is 13.2. The standard InChI is InChI=1S/C15H11BrFN3S/c16-13-6-5-12(21-13)14-9-7-8-18-15(9)20(19-14)11-4-2-1-3-10(11)17/h1-6,18H,7-8H2. The first kappa shape index (κ1) is 13.0. The molecule has 3 heterocycles. The van der Waals surface area contributed by atoms with Gasteiger partial charge in [0.05, 0.1) is 8.66 Å². The van der Waals surface area contributed by atoms with E-state index >= 15 is 0 Å². The Kier molecular flexibility index (Phi) is 3.08. The molecule has 1 aromatic carbocycles. The summed E-state index contributed by atoms with van der Waals surface area (Å²) in [7, 11) is 0. The average molecular weight is 364 g/mol. The predicted molar refractivity (Wildman–Crippen MR) is 86.7 cm³/mol. The Bertz CT molecular complexity index is 824. The summed E-state index contributed by atoms with van der Waals surface area (Å²) in [5.74, 6) is 0.634. The summed E-state index contributed by atoms with van der Waals surface area (Å²) < 4.78 is 16.8. The van der Waals surface area contributed by atoms with Crippen molar-refractivity contribution >= 4 is 33.1 Å². The predicted octanol–water partition coefficient (Wildman–Crippen LogP) is 4.47. The summed E-state index contributed by atoms with van der Waals surface area (Å²) in [6.45, 7) is 0.862. The SMILES string of the molecule is Fc1ccccc1-n1nc(-c2ccc(Br)s2)c2c1NCC2. The van der Waals surface area contributed by atoms with E-state index in [1.807, 2.05) is 18.2 Å². The summed E-state index contributed by atoms with van der Waals surface area (Å²) in [5.41, 5.74) is 2.58. The second-order valence-corrected chi connectivity index (χ2v) is 7.28. The number of fused-ring (bicyclic) bond motifs is 1. The number of aromatic nitrogens is 2. The molecule has 106 valence electrons. The van der Waals surface area contributed by atoms with Crippen LogP contribution in [0.5, 0.6) is 0 Å². The lowest BCUT2D eigenvalue weighted by molar-refractivity contribution is 0.612. The Balaban J connectivity index is 1.93. The smallest absolute Gasteiger partial charge is 0.148 e. The van der Waals surface area contributed by atoms with Gasteiger partial charge in [-0.05, 0) is 46.6 Å². The van der Waals surface area contributed by atoms with Crippen LogP contribution in [-0.2, 0) is 6.42 Å². The molecule has 3 aromatic rings. The van der Waals surface area contributed by atoms with E-state index in [0.29, 0.717) is 5.69 Å². The lowest BCUT2D eigenvalue weighted by Gasteiger charge is -2.06. The van der Waals surface area contributed by atoms with Crippen molar-refractivity contribution in [1.82, 2.24) is 9.78 Å². The van der Waals surface area contributed by atoms with E-state index in [4.69, 9.17) is 0 Å². The molecule has 0 amide bonds. The topological polar surface area (TPSA) is 29.9 Å². The van der Waals surface area contributed by atoms with Crippen molar-refractivity contribution in [2.75, 3.05) is 11.9 Å². The zero-order valence-corrected chi connectivity index (χ0v) is 13.3. The number of nitrogens with one attached hydrogen (secondary N) is 1. The maximum absolute atomic E-state index is 14.1. The number of nitrogens with zero attached hydrogens (tertiary/aromatic N) is 2. The molecule has 0 saturated carbocycles. The highest BCUT2D eigenvalue weighted by molar-refractivity contribution is 9.11. The van der Waals surface area contributed by atoms with Crippen LogP contribution < -0.4 is 5.32 Å². The number of halogens is 2. The van der Waals surface area contributed by atoms with Crippen LogP contribution in [0, 0.1) is 5.82 Å². The lowest BCUT2D eigenvalue weighted by atomic mass is 10.2. The Morgan fingerprint density at radius 1 is 1.24 bits per heavy atom. The van der Waals surface area contributed by atoms with E-state index < -0.39 is 0 Å². The maximum Gasteiger partial charge on any atom is 0.148 e. The molecule has 0 saturated heterocycles. The van der Waals surface area contributed by atoms with Gasteiger partial charge in [-0.1, -0.05) is 12.1 Å². The molecule has 1 N–H and O–H groups in total. The van der Waals surface area contributed by atoms with E-state index in [0.717, 1.165) is 38.7 Å². The molecule has 0 atom stereocenters. The van der Waals surface area contributed by atoms with E-state index in [-0.39, 0.29) is 5.82 Å². The Hall–Kier alpha value is -1.66. The van der Waals surface area contributed by atoms with Crippen molar-refractivity contribution in [2.45, 2.75) is 6.42 Å². The van der Waals surface area contributed by atoms with Gasteiger partial charge >= 0.3 is 0 Å². The number of hydrogen-bond donors (Lipinski definition) is 1. The van der Waals surface area contributed by atoms with Crippen LogP contribution in [0.4, 0.5) is 10.2 Å². The number of benzene rings is 1. The third-order valence-corrected chi connectivity index (χ3v) is 5.17. The molecule has 6 heteroatoms. The third kappa shape index (κ3) is 2.10. The van der Waals surface area contributed by atoms with E-state index in [1.165, 1.54) is 6.07 Å². The number of thiophene rings is 1. The third-order valence-electron chi connectivity index (χ3n) is 3.54. The molecule has 0 bridgehead atoms. The highest BCUT2D eigenvalue weighted by Gasteiger charge is 2.25. The van der Waals surface area contributed by atoms with Gasteiger partial charge in [-0.3, -0.25) is 0 Å². The molecule has 0 unspecified atom stereocenters. The molecule has 21 heavy (non-hydrogen) atoms. The fourth-order valence-electron chi connectivity index (χ4n) is 2.61. The van der Waals surface area contributed by atoms with Crippen LogP contribution in [0.3, 0.4) is 0 Å². The minimum Gasteiger partial charge on any atom is -0.369 e. The van der Waals surface area contributed by atoms with Crippen LogP contribution in [0.25, 0.3) is 16.3 Å². The molecular formula is C15H11BrFN3S. The van der Waals surface area contributed by atoms with Gasteiger partial charge in [0.1, 0.15) is 23.0 Å². The molecule has 4 rings (SSSR count). The first-order chi connectivity index (χ1) is 10.2. The molecule has 0 spiro atoms. The van der Waals surface area contributed by atoms with Gasteiger partial charge < -0.3 is 5.32 Å². The lowest BCUT2D eigenvalue weighted by Crippen LogP contribution is -2.05. The number of hydrogen-bond acceptors (Lipinski definition) is 3. The number of anilines is 1. The Morgan fingerprint density at radius 2 is 2.10 bits per heavy atom. The van der Waals surface area contributed by atoms with Gasteiger partial charge in [0.15, 0.2) is 0 Å². The number of para-hydroxylation sites is 1. The second-order valence-electron chi connectivity index (χ2n) is 4.82. The number of rotatable bonds is 2. The molecule has 1 aliphatic heterocycles. The highest BCUT2D eigenvalue weighted by atomic mass is 79.9. The molecule has 0 fully saturated rings. The van der Waals surface area contributed by atoms with E-state index in [2.05, 4.69) is 26.3 Å². The summed E-state index contributed by atoms with van der Waals surface area (Å²) in [4.78, 5) is 1.09. The van der Waals surface area contributed by atoms with Crippen molar-refractivity contribution in [3.05, 3.63) is 51.6 Å². The molecule has 2 aromatic heterocycles. The quantitative estimate of drug-likeness (QED) is 0.727. The minimum atomic E-state index is -0.268. The van der Waals surface area contributed by atoms with E-state index in [1.54, 1.807) is 28.2 Å². The van der Waals surface area contributed by atoms with Crippen LogP contribution in [0.2, 0.25) is 0 Å². The highest BCUT2D eigenvalue weighted by Crippen LogP contribution is 2.38. The van der Waals surface area contributed by atoms with E-state index in [9.17, 15) is 4.39 Å². The zero-order chi connectivity index (χ0) is 14.4. The molecule has 1 aliphatic rings. The minimum absolute atomic E-state index is 0.268. The summed E-state index contributed by atoms with van der Waals surface area (Å²) in [6, 6.07) is 10.8. The van der Waals surface area contributed by atoms with Crippen molar-refractivity contribution in [2.24, 2.45) is 0 Å².